The first-order chi connectivity index (χ1) is 8.54. The number of aromatic amines is 1. The molecule has 0 saturated heterocycles. The predicted molar refractivity (Wildman–Crippen MR) is 55.1 cm³/mol. The van der Waals surface area contributed by atoms with Crippen LogP contribution in [0.3, 0.4) is 0 Å². The fourth-order valence-electron chi connectivity index (χ4n) is 1.68. The summed E-state index contributed by atoms with van der Waals surface area (Å²) in [5.41, 5.74) is 0.836. The van der Waals surface area contributed by atoms with Crippen LogP contribution < -0.4 is 9.47 Å². The maximum absolute atomic E-state index is 12.4. The zero-order chi connectivity index (χ0) is 12.8. The molecule has 0 atom stereocenters. The SMILES string of the molecule is FC(F)(F)c1ncc(-c2ccc3c(c2)OCO3)[nH]1. The third-order valence-electron chi connectivity index (χ3n) is 2.53. The van der Waals surface area contributed by atoms with Gasteiger partial charge in [0.1, 0.15) is 0 Å². The summed E-state index contributed by atoms with van der Waals surface area (Å²) < 4.78 is 47.5. The Labute approximate surface area is 99.4 Å². The molecule has 0 bridgehead atoms. The number of halogens is 3. The highest BCUT2D eigenvalue weighted by atomic mass is 19.4. The molecule has 1 aromatic carbocycles. The van der Waals surface area contributed by atoms with Gasteiger partial charge in [-0.05, 0) is 18.2 Å². The van der Waals surface area contributed by atoms with Gasteiger partial charge in [0.05, 0.1) is 11.9 Å². The Morgan fingerprint density at radius 2 is 1.94 bits per heavy atom. The first kappa shape index (κ1) is 10.9. The van der Waals surface area contributed by atoms with Crippen LogP contribution in [0.4, 0.5) is 13.2 Å². The van der Waals surface area contributed by atoms with E-state index in [0.717, 1.165) is 6.20 Å². The molecule has 0 unspecified atom stereocenters. The molecule has 7 heteroatoms. The largest absolute Gasteiger partial charge is 0.454 e. The molecule has 94 valence electrons. The average molecular weight is 256 g/mol. The van der Waals surface area contributed by atoms with E-state index in [0.29, 0.717) is 17.1 Å². The van der Waals surface area contributed by atoms with E-state index in [1.54, 1.807) is 18.2 Å². The van der Waals surface area contributed by atoms with Crippen molar-refractivity contribution in [1.82, 2.24) is 9.97 Å². The number of rotatable bonds is 1. The highest BCUT2D eigenvalue weighted by Crippen LogP contribution is 2.36. The summed E-state index contributed by atoms with van der Waals surface area (Å²) in [5, 5.41) is 0. The van der Waals surface area contributed by atoms with E-state index < -0.39 is 12.0 Å². The molecule has 1 aliphatic heterocycles. The highest BCUT2D eigenvalue weighted by molar-refractivity contribution is 5.64. The van der Waals surface area contributed by atoms with Crippen LogP contribution in [0.15, 0.2) is 24.4 Å². The number of fused-ring (bicyclic) bond motifs is 1. The molecule has 3 rings (SSSR count). The van der Waals surface area contributed by atoms with Crippen molar-refractivity contribution in [2.24, 2.45) is 0 Å². The molecule has 18 heavy (non-hydrogen) atoms. The Bertz CT molecular complexity index is 592. The summed E-state index contributed by atoms with van der Waals surface area (Å²) in [6.07, 6.45) is -3.34. The zero-order valence-corrected chi connectivity index (χ0v) is 8.91. The van der Waals surface area contributed by atoms with Crippen LogP contribution in [0.2, 0.25) is 0 Å². The van der Waals surface area contributed by atoms with Gasteiger partial charge in [-0.15, -0.1) is 0 Å². The van der Waals surface area contributed by atoms with Gasteiger partial charge in [0.2, 0.25) is 12.6 Å². The van der Waals surface area contributed by atoms with Crippen LogP contribution in [-0.2, 0) is 6.18 Å². The number of nitrogens with one attached hydrogen (secondary N) is 1. The number of benzene rings is 1. The second-order valence-electron chi connectivity index (χ2n) is 3.71. The van der Waals surface area contributed by atoms with Crippen molar-refractivity contribution in [2.45, 2.75) is 6.18 Å². The normalized spacial score (nSPS) is 13.9. The smallest absolute Gasteiger partial charge is 0.449 e. The first-order valence-electron chi connectivity index (χ1n) is 5.06. The summed E-state index contributed by atoms with van der Waals surface area (Å²) in [5.74, 6) is 0.0696. The Morgan fingerprint density at radius 1 is 1.17 bits per heavy atom. The van der Waals surface area contributed by atoms with Crippen molar-refractivity contribution in [3.63, 3.8) is 0 Å². The molecule has 4 nitrogen and oxygen atoms in total. The van der Waals surface area contributed by atoms with Crippen LogP contribution in [0.25, 0.3) is 11.3 Å². The lowest BCUT2D eigenvalue weighted by molar-refractivity contribution is -0.144. The summed E-state index contributed by atoms with van der Waals surface area (Å²) in [6.45, 7) is 0.121. The van der Waals surface area contributed by atoms with Gasteiger partial charge in [-0.25, -0.2) is 4.98 Å². The summed E-state index contributed by atoms with van der Waals surface area (Å²) in [4.78, 5) is 5.53. The van der Waals surface area contributed by atoms with E-state index in [1.807, 2.05) is 0 Å². The van der Waals surface area contributed by atoms with Gasteiger partial charge in [0.15, 0.2) is 11.5 Å². The molecule has 1 aromatic heterocycles. The van der Waals surface area contributed by atoms with Gasteiger partial charge in [-0.1, -0.05) is 0 Å². The van der Waals surface area contributed by atoms with E-state index >= 15 is 0 Å². The second kappa shape index (κ2) is 3.66. The summed E-state index contributed by atoms with van der Waals surface area (Å²) in [7, 11) is 0. The van der Waals surface area contributed by atoms with Gasteiger partial charge in [-0.3, -0.25) is 0 Å². The lowest BCUT2D eigenvalue weighted by atomic mass is 10.1. The molecule has 0 aliphatic carbocycles. The number of ether oxygens (including phenoxy) is 2. The second-order valence-corrected chi connectivity index (χ2v) is 3.71. The van der Waals surface area contributed by atoms with E-state index in [-0.39, 0.29) is 12.5 Å². The number of H-pyrrole nitrogens is 1. The topological polar surface area (TPSA) is 47.1 Å². The number of alkyl halides is 3. The molecule has 1 N–H and O–H groups in total. The fraction of sp³-hybridized carbons (Fsp3) is 0.182. The van der Waals surface area contributed by atoms with Crippen molar-refractivity contribution in [3.8, 4) is 22.8 Å². The Morgan fingerprint density at radius 3 is 2.67 bits per heavy atom. The minimum Gasteiger partial charge on any atom is -0.454 e. The Hall–Kier alpha value is -2.18. The van der Waals surface area contributed by atoms with E-state index in [9.17, 15) is 13.2 Å². The third-order valence-corrected chi connectivity index (χ3v) is 2.53. The Kier molecular flexibility index (Phi) is 2.22. The molecule has 0 radical (unpaired) electrons. The fourth-order valence-corrected chi connectivity index (χ4v) is 1.68. The zero-order valence-electron chi connectivity index (χ0n) is 8.91. The van der Waals surface area contributed by atoms with Crippen molar-refractivity contribution >= 4 is 0 Å². The third kappa shape index (κ3) is 1.77. The van der Waals surface area contributed by atoms with Gasteiger partial charge < -0.3 is 14.5 Å². The monoisotopic (exact) mass is 256 g/mol. The molecule has 0 fully saturated rings. The van der Waals surface area contributed by atoms with Crippen molar-refractivity contribution in [1.29, 1.82) is 0 Å². The van der Waals surface area contributed by atoms with Crippen molar-refractivity contribution in [2.75, 3.05) is 6.79 Å². The minimum atomic E-state index is -4.48. The van der Waals surface area contributed by atoms with Crippen molar-refractivity contribution < 1.29 is 22.6 Å². The first-order valence-corrected chi connectivity index (χ1v) is 5.06. The van der Waals surface area contributed by atoms with Gasteiger partial charge >= 0.3 is 6.18 Å². The van der Waals surface area contributed by atoms with Crippen LogP contribution in [0.5, 0.6) is 11.5 Å². The average Bonchev–Trinajstić information content (AvgIpc) is 2.96. The molecule has 0 amide bonds. The van der Waals surface area contributed by atoms with E-state index in [1.165, 1.54) is 0 Å². The predicted octanol–water partition coefficient (Wildman–Crippen LogP) is 2.82. The quantitative estimate of drug-likeness (QED) is 0.853. The van der Waals surface area contributed by atoms with Crippen molar-refractivity contribution in [3.05, 3.63) is 30.2 Å². The van der Waals surface area contributed by atoms with Crippen LogP contribution >= 0.6 is 0 Å². The lowest BCUT2D eigenvalue weighted by Gasteiger charge is -2.02. The summed E-state index contributed by atoms with van der Waals surface area (Å²) in [6, 6.07) is 4.89. The number of hydrogen-bond acceptors (Lipinski definition) is 3. The van der Waals surface area contributed by atoms with Gasteiger partial charge in [0, 0.05) is 5.56 Å². The molecule has 1 aliphatic rings. The van der Waals surface area contributed by atoms with Gasteiger partial charge in [-0.2, -0.15) is 13.2 Å². The Balaban J connectivity index is 1.98. The molecule has 2 aromatic rings. The number of aromatic nitrogens is 2. The standard InChI is InChI=1S/C11H7F3N2O2/c12-11(13,14)10-15-4-7(16-10)6-1-2-8-9(3-6)18-5-17-8/h1-4H,5H2,(H,15,16). The van der Waals surface area contributed by atoms with Gasteiger partial charge in [0.25, 0.3) is 0 Å². The van der Waals surface area contributed by atoms with Crippen LogP contribution in [-0.4, -0.2) is 16.8 Å². The maximum atomic E-state index is 12.4. The van der Waals surface area contributed by atoms with E-state index in [2.05, 4.69) is 9.97 Å². The number of nitrogens with zero attached hydrogens (tertiary/aromatic N) is 1. The maximum Gasteiger partial charge on any atom is 0.449 e. The summed E-state index contributed by atoms with van der Waals surface area (Å²) >= 11 is 0. The number of hydrogen-bond donors (Lipinski definition) is 1. The van der Waals surface area contributed by atoms with E-state index in [4.69, 9.17) is 9.47 Å². The molecular formula is C11H7F3N2O2. The van der Waals surface area contributed by atoms with Crippen LogP contribution in [0.1, 0.15) is 5.82 Å². The minimum absolute atomic E-state index is 0.121. The molecule has 0 spiro atoms. The molecule has 0 saturated carbocycles. The molecular weight excluding hydrogens is 249 g/mol. The lowest BCUT2D eigenvalue weighted by Crippen LogP contribution is -2.07. The highest BCUT2D eigenvalue weighted by Gasteiger charge is 2.34. The number of imidazole rings is 1. The van der Waals surface area contributed by atoms with Crippen LogP contribution in [0, 0.1) is 0 Å². The molecule has 2 heterocycles.